The van der Waals surface area contributed by atoms with Gasteiger partial charge in [0.05, 0.1) is 4.34 Å². The van der Waals surface area contributed by atoms with Crippen molar-refractivity contribution < 1.29 is 22.4 Å². The average Bonchev–Trinajstić information content (AvgIpc) is 3.35. The molecule has 1 aromatic carbocycles. The van der Waals surface area contributed by atoms with Crippen LogP contribution in [-0.2, 0) is 24.1 Å². The van der Waals surface area contributed by atoms with Gasteiger partial charge in [0.2, 0.25) is 0 Å². The van der Waals surface area contributed by atoms with Gasteiger partial charge < -0.3 is 0 Å². The maximum atomic E-state index is 15.2. The van der Waals surface area contributed by atoms with Gasteiger partial charge in [-0.25, -0.2) is 4.39 Å². The second-order valence-electron chi connectivity index (χ2n) is 7.88. The molecule has 1 aliphatic rings. The third-order valence-electron chi connectivity index (χ3n) is 5.63. The number of hydrogen-bond donors (Lipinski definition) is 0. The minimum atomic E-state index is -4.74. The number of fused-ring (bicyclic) bond motifs is 1. The highest BCUT2D eigenvalue weighted by Gasteiger charge is 2.40. The van der Waals surface area contributed by atoms with Crippen molar-refractivity contribution in [2.24, 2.45) is 0 Å². The second kappa shape index (κ2) is 9.04. The Morgan fingerprint density at radius 1 is 1.36 bits per heavy atom. The molecule has 0 N–H and O–H groups in total. The number of aromatic nitrogens is 2. The zero-order valence-electron chi connectivity index (χ0n) is 17.6. The van der Waals surface area contributed by atoms with Crippen LogP contribution < -0.4 is 0 Å². The molecule has 1 atom stereocenters. The number of aryl methyl sites for hydroxylation is 1. The van der Waals surface area contributed by atoms with Gasteiger partial charge >= 0.3 is 6.18 Å². The van der Waals surface area contributed by atoms with Gasteiger partial charge in [-0.05, 0) is 35.8 Å². The minimum Gasteiger partial charge on any atom is -0.298 e. The number of aldehydes is 1. The molecule has 0 bridgehead atoms. The fourth-order valence-electron chi connectivity index (χ4n) is 4.25. The summed E-state index contributed by atoms with van der Waals surface area (Å²) in [6, 6.07) is 6.06. The van der Waals surface area contributed by atoms with E-state index in [9.17, 15) is 18.0 Å². The highest BCUT2D eigenvalue weighted by molar-refractivity contribution is 7.16. The molecule has 0 radical (unpaired) electrons. The Bertz CT molecular complexity index is 1220. The van der Waals surface area contributed by atoms with Crippen LogP contribution in [0.3, 0.4) is 0 Å². The van der Waals surface area contributed by atoms with E-state index in [1.54, 1.807) is 19.1 Å². The third-order valence-corrected chi connectivity index (χ3v) is 6.90. The van der Waals surface area contributed by atoms with E-state index in [0.29, 0.717) is 41.4 Å². The van der Waals surface area contributed by atoms with E-state index in [0.717, 1.165) is 21.2 Å². The average molecular weight is 498 g/mol. The first kappa shape index (κ1) is 23.7. The van der Waals surface area contributed by atoms with Gasteiger partial charge in [0.15, 0.2) is 5.69 Å². The van der Waals surface area contributed by atoms with E-state index in [1.807, 2.05) is 4.90 Å². The van der Waals surface area contributed by atoms with Crippen LogP contribution in [-0.4, -0.2) is 34.1 Å². The van der Waals surface area contributed by atoms with Crippen LogP contribution in [0.15, 0.2) is 42.6 Å². The van der Waals surface area contributed by atoms with Gasteiger partial charge in [0.1, 0.15) is 12.1 Å². The fourth-order valence-corrected chi connectivity index (χ4v) is 5.64. The molecule has 0 unspecified atom stereocenters. The molecule has 3 aromatic rings. The van der Waals surface area contributed by atoms with E-state index in [1.165, 1.54) is 23.6 Å². The number of carbonyl (C=O) groups is 1. The third kappa shape index (κ3) is 4.62. The summed E-state index contributed by atoms with van der Waals surface area (Å²) in [6.45, 7) is 6.78. The molecular weight excluding hydrogens is 478 g/mol. The molecule has 0 fully saturated rings. The van der Waals surface area contributed by atoms with Crippen LogP contribution in [0.1, 0.15) is 34.5 Å². The van der Waals surface area contributed by atoms with Crippen molar-refractivity contribution >= 4 is 29.2 Å². The molecule has 0 amide bonds. The summed E-state index contributed by atoms with van der Waals surface area (Å²) in [5.41, 5.74) is 0.0901. The first-order chi connectivity index (χ1) is 15.6. The van der Waals surface area contributed by atoms with Crippen LogP contribution in [0.25, 0.3) is 11.1 Å². The number of thiophene rings is 1. The molecule has 0 saturated carbocycles. The summed E-state index contributed by atoms with van der Waals surface area (Å²) in [5, 5.41) is 3.66. The molecule has 174 valence electrons. The summed E-state index contributed by atoms with van der Waals surface area (Å²) < 4.78 is 58.3. The summed E-state index contributed by atoms with van der Waals surface area (Å²) in [7, 11) is 0. The van der Waals surface area contributed by atoms with Gasteiger partial charge in [0, 0.05) is 54.3 Å². The van der Waals surface area contributed by atoms with Gasteiger partial charge in [-0.2, -0.15) is 18.3 Å². The Balaban J connectivity index is 1.89. The highest BCUT2D eigenvalue weighted by Crippen LogP contribution is 2.45. The molecule has 33 heavy (non-hydrogen) atoms. The van der Waals surface area contributed by atoms with E-state index in [-0.39, 0.29) is 17.7 Å². The lowest BCUT2D eigenvalue weighted by atomic mass is 9.83. The van der Waals surface area contributed by atoms with Crippen LogP contribution in [0, 0.1) is 5.82 Å². The summed E-state index contributed by atoms with van der Waals surface area (Å²) in [6.07, 6.45) is -2.83. The predicted molar refractivity (Wildman–Crippen MR) is 120 cm³/mol. The Hall–Kier alpha value is -2.49. The quantitative estimate of drug-likeness (QED) is 0.233. The Labute approximate surface area is 197 Å². The number of hydrogen-bond acceptors (Lipinski definition) is 4. The Morgan fingerprint density at radius 3 is 2.79 bits per heavy atom. The molecule has 0 aliphatic carbocycles. The van der Waals surface area contributed by atoms with Crippen LogP contribution in [0.5, 0.6) is 0 Å². The number of halogens is 5. The van der Waals surface area contributed by atoms with Crippen LogP contribution in [0.2, 0.25) is 4.34 Å². The van der Waals surface area contributed by atoms with Crippen LogP contribution in [0.4, 0.5) is 17.6 Å². The molecule has 1 aliphatic heterocycles. The smallest absolute Gasteiger partial charge is 0.298 e. The minimum absolute atomic E-state index is 0.126. The summed E-state index contributed by atoms with van der Waals surface area (Å²) >= 11 is 7.63. The lowest BCUT2D eigenvalue weighted by molar-refractivity contribution is -0.141. The Morgan fingerprint density at radius 2 is 2.12 bits per heavy atom. The molecule has 0 spiro atoms. The van der Waals surface area contributed by atoms with E-state index in [2.05, 4.69) is 11.7 Å². The first-order valence-electron chi connectivity index (χ1n) is 10.2. The molecule has 10 heteroatoms. The monoisotopic (exact) mass is 497 g/mol. The fraction of sp³-hybridized carbons (Fsp3) is 0.304. The van der Waals surface area contributed by atoms with Gasteiger partial charge in [0.25, 0.3) is 0 Å². The molecule has 4 nitrogen and oxygen atoms in total. The first-order valence-corrected chi connectivity index (χ1v) is 11.4. The van der Waals surface area contributed by atoms with Crippen molar-refractivity contribution in [1.29, 1.82) is 0 Å². The number of benzene rings is 1. The zero-order valence-corrected chi connectivity index (χ0v) is 19.2. The number of nitrogens with zero attached hydrogens (tertiary/aromatic N) is 3. The van der Waals surface area contributed by atoms with Crippen LogP contribution >= 0.6 is 22.9 Å². The molecule has 2 aromatic heterocycles. The normalized spacial score (nSPS) is 16.6. The largest absolute Gasteiger partial charge is 0.435 e. The van der Waals surface area contributed by atoms with Crippen molar-refractivity contribution in [3.8, 4) is 11.1 Å². The van der Waals surface area contributed by atoms with Crippen molar-refractivity contribution in [3.05, 3.63) is 74.5 Å². The lowest BCUT2D eigenvalue weighted by Gasteiger charge is -2.34. The van der Waals surface area contributed by atoms with Crippen molar-refractivity contribution in [2.45, 2.75) is 32.1 Å². The van der Waals surface area contributed by atoms with Crippen molar-refractivity contribution in [1.82, 2.24) is 14.7 Å². The summed E-state index contributed by atoms with van der Waals surface area (Å²) in [4.78, 5) is 14.0. The number of alkyl halides is 3. The number of rotatable bonds is 6. The standard InChI is InChI=1S/C23H20ClF4N3OS/c1-3-31-10-17(22(29-31)23(26,27)28)21-14(5-4-6-18(21)25)16-9-30(8-13(2)12-32)11-19-15(16)7-20(24)33-19/h4-7,10,12,16H,2-3,8-9,11H2,1H3/t16-/m0/s1. The maximum Gasteiger partial charge on any atom is 0.435 e. The second-order valence-corrected chi connectivity index (χ2v) is 9.64. The van der Waals surface area contributed by atoms with Crippen molar-refractivity contribution in [2.75, 3.05) is 13.1 Å². The van der Waals surface area contributed by atoms with E-state index < -0.39 is 23.6 Å². The van der Waals surface area contributed by atoms with Gasteiger partial charge in [-0.15, -0.1) is 11.3 Å². The highest BCUT2D eigenvalue weighted by atomic mass is 35.5. The molecule has 4 rings (SSSR count). The lowest BCUT2D eigenvalue weighted by Crippen LogP contribution is -2.35. The van der Waals surface area contributed by atoms with Gasteiger partial charge in [-0.3, -0.25) is 14.4 Å². The topological polar surface area (TPSA) is 38.1 Å². The maximum absolute atomic E-state index is 15.2. The molecule has 3 heterocycles. The zero-order chi connectivity index (χ0) is 23.9. The Kier molecular flexibility index (Phi) is 6.48. The molecule has 0 saturated heterocycles. The van der Waals surface area contributed by atoms with E-state index >= 15 is 4.39 Å². The van der Waals surface area contributed by atoms with Gasteiger partial charge in [-0.1, -0.05) is 30.3 Å². The van der Waals surface area contributed by atoms with E-state index in [4.69, 9.17) is 11.6 Å². The number of carbonyl (C=O) groups excluding carboxylic acids is 1. The summed E-state index contributed by atoms with van der Waals surface area (Å²) in [5.74, 6) is -1.21. The van der Waals surface area contributed by atoms with Crippen molar-refractivity contribution in [3.63, 3.8) is 0 Å². The SMILES string of the molecule is C=C(C=O)CN1Cc2sc(Cl)cc2[C@H](c2cccc(F)c2-c2cn(CC)nc2C(F)(F)F)C1. The molecular formula is C23H20ClF4N3OS. The predicted octanol–water partition coefficient (Wildman–Crippen LogP) is 6.15.